The normalized spacial score (nSPS) is 11.5. The molecule has 0 radical (unpaired) electrons. The monoisotopic (exact) mass is 256 g/mol. The van der Waals surface area contributed by atoms with Gasteiger partial charge in [-0.2, -0.15) is 0 Å². The first-order chi connectivity index (χ1) is 7.91. The molecule has 0 heterocycles. The fourth-order valence-corrected chi connectivity index (χ4v) is 2.38. The Morgan fingerprint density at radius 1 is 1.24 bits per heavy atom. The lowest BCUT2D eigenvalue weighted by molar-refractivity contribution is 0.0959. The Hall–Kier alpha value is -1.40. The molecule has 0 aliphatic carbocycles. The van der Waals surface area contributed by atoms with Gasteiger partial charge in [-0.3, -0.25) is 4.79 Å². The van der Waals surface area contributed by atoms with E-state index >= 15 is 0 Å². The Morgan fingerprint density at radius 2 is 1.82 bits per heavy atom. The average Bonchev–Trinajstić information content (AvgIpc) is 2.25. The molecule has 17 heavy (non-hydrogen) atoms. The van der Waals surface area contributed by atoms with Gasteiger partial charge in [0, 0.05) is 11.6 Å². The van der Waals surface area contributed by atoms with Gasteiger partial charge in [0.1, 0.15) is 5.88 Å². The summed E-state index contributed by atoms with van der Waals surface area (Å²) >= 11 is 0. The molecule has 1 rings (SSSR count). The maximum atomic E-state index is 11.6. The zero-order valence-corrected chi connectivity index (χ0v) is 10.6. The van der Waals surface area contributed by atoms with Crippen molar-refractivity contribution in [2.45, 2.75) is 19.9 Å². The predicted octanol–water partition coefficient (Wildman–Crippen LogP) is 0.702. The molecule has 0 aromatic heterocycles. The van der Waals surface area contributed by atoms with Crippen LogP contribution in [0.3, 0.4) is 0 Å². The van der Waals surface area contributed by atoms with Crippen LogP contribution in [0.25, 0.3) is 0 Å². The second-order valence-electron chi connectivity index (χ2n) is 3.90. The summed E-state index contributed by atoms with van der Waals surface area (Å²) in [7, 11) is -3.47. The van der Waals surface area contributed by atoms with Crippen LogP contribution in [0.1, 0.15) is 24.2 Å². The van der Waals surface area contributed by atoms with Crippen LogP contribution in [0.2, 0.25) is 0 Å². The highest BCUT2D eigenvalue weighted by molar-refractivity contribution is 7.89. The molecule has 5 nitrogen and oxygen atoms in total. The van der Waals surface area contributed by atoms with E-state index in [-0.39, 0.29) is 6.04 Å². The molecule has 0 aliphatic heterocycles. The number of hydrogen-bond donors (Lipinski definition) is 2. The van der Waals surface area contributed by atoms with Gasteiger partial charge in [-0.1, -0.05) is 18.2 Å². The quantitative estimate of drug-likeness (QED) is 0.814. The lowest BCUT2D eigenvalue weighted by Crippen LogP contribution is -2.39. The number of sulfonamides is 1. The smallest absolute Gasteiger partial charge is 0.252 e. The van der Waals surface area contributed by atoms with Gasteiger partial charge in [0.25, 0.3) is 5.91 Å². The summed E-state index contributed by atoms with van der Waals surface area (Å²) in [6, 6.07) is 8.28. The summed E-state index contributed by atoms with van der Waals surface area (Å²) in [6.45, 7) is 3.44. The van der Waals surface area contributed by atoms with Gasteiger partial charge in [0.15, 0.2) is 0 Å². The van der Waals surface area contributed by atoms with E-state index in [0.29, 0.717) is 5.56 Å². The average molecular weight is 256 g/mol. The molecule has 0 aliphatic rings. The van der Waals surface area contributed by atoms with E-state index in [1.165, 1.54) is 0 Å². The molecule has 0 saturated carbocycles. The summed E-state index contributed by atoms with van der Waals surface area (Å²) < 4.78 is 25.3. The van der Waals surface area contributed by atoms with Crippen LogP contribution in [-0.2, 0) is 10.0 Å². The number of rotatable bonds is 5. The Bertz CT molecular complexity index is 469. The summed E-state index contributed by atoms with van der Waals surface area (Å²) in [6.07, 6.45) is 0. The molecule has 1 amide bonds. The van der Waals surface area contributed by atoms with Gasteiger partial charge in [0.2, 0.25) is 10.0 Å². The molecular formula is C11H16N2O3S. The van der Waals surface area contributed by atoms with Crippen LogP contribution in [0.5, 0.6) is 0 Å². The molecule has 0 fully saturated rings. The largest absolute Gasteiger partial charge is 0.337 e. The topological polar surface area (TPSA) is 75.3 Å². The lowest BCUT2D eigenvalue weighted by Gasteiger charge is -2.10. The Balaban J connectivity index is 2.55. The van der Waals surface area contributed by atoms with Crippen LogP contribution < -0.4 is 10.0 Å². The highest BCUT2D eigenvalue weighted by Gasteiger charge is 2.13. The van der Waals surface area contributed by atoms with Gasteiger partial charge >= 0.3 is 0 Å². The van der Waals surface area contributed by atoms with E-state index < -0.39 is 21.8 Å². The highest BCUT2D eigenvalue weighted by Crippen LogP contribution is 1.98. The minimum atomic E-state index is -3.47. The van der Waals surface area contributed by atoms with Crippen molar-refractivity contribution in [3.05, 3.63) is 35.9 Å². The van der Waals surface area contributed by atoms with Crippen molar-refractivity contribution in [3.8, 4) is 0 Å². The van der Waals surface area contributed by atoms with Crippen molar-refractivity contribution >= 4 is 15.9 Å². The molecular weight excluding hydrogens is 240 g/mol. The van der Waals surface area contributed by atoms with Crippen molar-refractivity contribution in [2.75, 3.05) is 5.88 Å². The minimum absolute atomic E-state index is 0.186. The molecule has 0 spiro atoms. The van der Waals surface area contributed by atoms with Crippen molar-refractivity contribution in [1.29, 1.82) is 0 Å². The Morgan fingerprint density at radius 3 is 2.35 bits per heavy atom. The summed E-state index contributed by atoms with van der Waals surface area (Å²) in [5, 5.41) is 2.36. The van der Waals surface area contributed by atoms with Crippen LogP contribution in [0.15, 0.2) is 30.3 Å². The number of hydrogen-bond acceptors (Lipinski definition) is 3. The number of carbonyl (C=O) groups excluding carboxylic acids is 1. The molecule has 1 aromatic rings. The fourth-order valence-electron chi connectivity index (χ4n) is 1.25. The summed E-state index contributed by atoms with van der Waals surface area (Å²) in [5.41, 5.74) is 0.437. The van der Waals surface area contributed by atoms with E-state index in [1.807, 2.05) is 0 Å². The third kappa shape index (κ3) is 4.97. The minimum Gasteiger partial charge on any atom is -0.337 e. The number of benzene rings is 1. The lowest BCUT2D eigenvalue weighted by atomic mass is 10.2. The Labute approximate surface area is 101 Å². The fraction of sp³-hybridized carbons (Fsp3) is 0.364. The summed E-state index contributed by atoms with van der Waals surface area (Å²) in [5.74, 6) is -0.821. The maximum Gasteiger partial charge on any atom is 0.252 e. The molecule has 0 bridgehead atoms. The van der Waals surface area contributed by atoms with Gasteiger partial charge in [-0.25, -0.2) is 13.1 Å². The first kappa shape index (κ1) is 13.7. The highest BCUT2D eigenvalue weighted by atomic mass is 32.2. The zero-order chi connectivity index (χ0) is 12.9. The second-order valence-corrected chi connectivity index (χ2v) is 5.66. The SMILES string of the molecule is CC(C)NS(=O)(=O)CNC(=O)c1ccccc1. The van der Waals surface area contributed by atoms with Crippen molar-refractivity contribution in [1.82, 2.24) is 10.0 Å². The van der Waals surface area contributed by atoms with Crippen molar-refractivity contribution in [2.24, 2.45) is 0 Å². The third-order valence-electron chi connectivity index (χ3n) is 1.87. The van der Waals surface area contributed by atoms with Gasteiger partial charge < -0.3 is 5.32 Å². The second kappa shape index (κ2) is 5.79. The predicted molar refractivity (Wildman–Crippen MR) is 66.0 cm³/mol. The third-order valence-corrected chi connectivity index (χ3v) is 3.23. The van der Waals surface area contributed by atoms with Crippen molar-refractivity contribution in [3.63, 3.8) is 0 Å². The van der Waals surface area contributed by atoms with Gasteiger partial charge in [0.05, 0.1) is 0 Å². The molecule has 0 unspecified atom stereocenters. The van der Waals surface area contributed by atoms with Crippen LogP contribution in [0, 0.1) is 0 Å². The number of carbonyl (C=O) groups is 1. The molecule has 94 valence electrons. The number of nitrogens with one attached hydrogen (secondary N) is 2. The molecule has 1 aromatic carbocycles. The molecule has 2 N–H and O–H groups in total. The molecule has 0 atom stereocenters. The van der Waals surface area contributed by atoms with E-state index in [0.717, 1.165) is 0 Å². The maximum absolute atomic E-state index is 11.6. The summed E-state index contributed by atoms with van der Waals surface area (Å²) in [4.78, 5) is 11.6. The molecule has 0 saturated heterocycles. The van der Waals surface area contributed by atoms with E-state index in [2.05, 4.69) is 10.0 Å². The van der Waals surface area contributed by atoms with Crippen LogP contribution >= 0.6 is 0 Å². The van der Waals surface area contributed by atoms with E-state index in [1.54, 1.807) is 44.2 Å². The van der Waals surface area contributed by atoms with E-state index in [9.17, 15) is 13.2 Å². The van der Waals surface area contributed by atoms with Gasteiger partial charge in [-0.15, -0.1) is 0 Å². The first-order valence-corrected chi connectivity index (χ1v) is 6.89. The Kier molecular flexibility index (Phi) is 4.65. The van der Waals surface area contributed by atoms with Gasteiger partial charge in [-0.05, 0) is 26.0 Å². The van der Waals surface area contributed by atoms with Crippen LogP contribution in [0.4, 0.5) is 0 Å². The standard InChI is InChI=1S/C11H16N2O3S/c1-9(2)13-17(15,16)8-12-11(14)10-6-4-3-5-7-10/h3-7,9,13H,8H2,1-2H3,(H,12,14). The zero-order valence-electron chi connectivity index (χ0n) is 9.80. The van der Waals surface area contributed by atoms with E-state index in [4.69, 9.17) is 0 Å². The number of amides is 1. The van der Waals surface area contributed by atoms with Crippen LogP contribution in [-0.4, -0.2) is 26.2 Å². The van der Waals surface area contributed by atoms with Crippen molar-refractivity contribution < 1.29 is 13.2 Å². The first-order valence-electron chi connectivity index (χ1n) is 5.24. The molecule has 6 heteroatoms.